The Morgan fingerprint density at radius 2 is 2.00 bits per heavy atom. The number of nitrogens with one attached hydrogen (secondary N) is 1. The van der Waals surface area contributed by atoms with E-state index in [1.54, 1.807) is 0 Å². The van der Waals surface area contributed by atoms with Crippen molar-refractivity contribution in [3.8, 4) is 0 Å². The second-order valence-electron chi connectivity index (χ2n) is 4.65. The zero-order valence-corrected chi connectivity index (χ0v) is 11.1. The first-order valence-corrected chi connectivity index (χ1v) is 6.46. The van der Waals surface area contributed by atoms with Gasteiger partial charge in [0.2, 0.25) is 0 Å². The molecule has 0 aliphatic heterocycles. The van der Waals surface area contributed by atoms with E-state index < -0.39 is 0 Å². The topological polar surface area (TPSA) is 45.1 Å². The highest BCUT2D eigenvalue weighted by atomic mass is 16.3. The minimum Gasteiger partial charge on any atom is -0.392 e. The van der Waals surface area contributed by atoms with Crippen LogP contribution in [0.1, 0.15) is 37.8 Å². The van der Waals surface area contributed by atoms with Gasteiger partial charge in [0.25, 0.3) is 0 Å². The molecule has 96 valence electrons. The molecule has 0 bridgehead atoms. The van der Waals surface area contributed by atoms with Crippen molar-refractivity contribution in [2.45, 2.75) is 46.3 Å². The molecule has 0 amide bonds. The molecule has 0 saturated carbocycles. The number of rotatable bonds is 7. The molecule has 1 aromatic heterocycles. The number of aliphatic hydroxyl groups excluding tert-OH is 1. The van der Waals surface area contributed by atoms with Gasteiger partial charge < -0.3 is 10.4 Å². The number of hydrogen-bond acceptors (Lipinski definition) is 3. The smallest absolute Gasteiger partial charge is 0.0692 e. The molecule has 0 radical (unpaired) electrons. The van der Waals surface area contributed by atoms with Gasteiger partial charge in [0, 0.05) is 25.5 Å². The van der Waals surface area contributed by atoms with E-state index in [1.807, 2.05) is 19.3 Å². The maximum atomic E-state index is 9.96. The van der Waals surface area contributed by atoms with Gasteiger partial charge in [-0.15, -0.1) is 0 Å². The van der Waals surface area contributed by atoms with Crippen LogP contribution in [0, 0.1) is 12.8 Å². The van der Waals surface area contributed by atoms with Crippen molar-refractivity contribution in [3.05, 3.63) is 29.6 Å². The molecule has 3 nitrogen and oxygen atoms in total. The van der Waals surface area contributed by atoms with Crippen molar-refractivity contribution in [2.75, 3.05) is 6.54 Å². The number of pyridine rings is 1. The van der Waals surface area contributed by atoms with Crippen LogP contribution < -0.4 is 5.32 Å². The van der Waals surface area contributed by atoms with Gasteiger partial charge in [0.1, 0.15) is 0 Å². The van der Waals surface area contributed by atoms with Crippen molar-refractivity contribution >= 4 is 0 Å². The summed E-state index contributed by atoms with van der Waals surface area (Å²) in [6.45, 7) is 7.71. The quantitative estimate of drug-likeness (QED) is 0.763. The van der Waals surface area contributed by atoms with Crippen LogP contribution in [0.3, 0.4) is 0 Å². The third-order valence-electron chi connectivity index (χ3n) is 3.21. The highest BCUT2D eigenvalue weighted by Crippen LogP contribution is 2.12. The first-order valence-electron chi connectivity index (χ1n) is 6.46. The summed E-state index contributed by atoms with van der Waals surface area (Å²) in [5.74, 6) is 0.401. The van der Waals surface area contributed by atoms with Gasteiger partial charge in [0.15, 0.2) is 0 Å². The van der Waals surface area contributed by atoms with Gasteiger partial charge in [-0.3, -0.25) is 4.98 Å². The zero-order valence-electron chi connectivity index (χ0n) is 11.1. The van der Waals surface area contributed by atoms with E-state index in [9.17, 15) is 5.11 Å². The lowest BCUT2D eigenvalue weighted by molar-refractivity contribution is 0.101. The Kier molecular flexibility index (Phi) is 6.16. The third kappa shape index (κ3) is 4.84. The van der Waals surface area contributed by atoms with Crippen LogP contribution in [0.4, 0.5) is 0 Å². The van der Waals surface area contributed by atoms with E-state index in [4.69, 9.17) is 0 Å². The lowest BCUT2D eigenvalue weighted by Crippen LogP contribution is -2.32. The fourth-order valence-corrected chi connectivity index (χ4v) is 2.08. The standard InChI is InChI=1S/C14H24N2O/c1-4-13(5-2)14(17)10-16-9-12-6-11(3)7-15-8-12/h6-8,13-14,16-17H,4-5,9-10H2,1-3H3. The Balaban J connectivity index is 2.32. The van der Waals surface area contributed by atoms with E-state index in [0.717, 1.165) is 19.4 Å². The van der Waals surface area contributed by atoms with Crippen LogP contribution in [0.25, 0.3) is 0 Å². The van der Waals surface area contributed by atoms with Gasteiger partial charge in [-0.05, 0) is 24.0 Å². The van der Waals surface area contributed by atoms with Gasteiger partial charge >= 0.3 is 0 Å². The Hall–Kier alpha value is -0.930. The number of nitrogens with zero attached hydrogens (tertiary/aromatic N) is 1. The molecule has 1 rings (SSSR count). The van der Waals surface area contributed by atoms with Gasteiger partial charge in [0.05, 0.1) is 6.10 Å². The van der Waals surface area contributed by atoms with Crippen LogP contribution in [0.2, 0.25) is 0 Å². The van der Waals surface area contributed by atoms with Crippen LogP contribution in [-0.2, 0) is 6.54 Å². The first kappa shape index (κ1) is 14.1. The molecule has 1 atom stereocenters. The predicted octanol–water partition coefficient (Wildman–Crippen LogP) is 2.28. The van der Waals surface area contributed by atoms with Gasteiger partial charge in [-0.1, -0.05) is 32.8 Å². The molecule has 0 saturated heterocycles. The second kappa shape index (κ2) is 7.41. The van der Waals surface area contributed by atoms with E-state index in [2.05, 4.69) is 30.2 Å². The first-order chi connectivity index (χ1) is 8.17. The van der Waals surface area contributed by atoms with Crippen LogP contribution >= 0.6 is 0 Å². The number of aryl methyl sites for hydroxylation is 1. The van der Waals surface area contributed by atoms with E-state index in [-0.39, 0.29) is 6.10 Å². The molecule has 0 aliphatic carbocycles. The Labute approximate surface area is 104 Å². The van der Waals surface area contributed by atoms with Crippen molar-refractivity contribution in [2.24, 2.45) is 5.92 Å². The summed E-state index contributed by atoms with van der Waals surface area (Å²) in [6.07, 6.45) is 5.53. The lowest BCUT2D eigenvalue weighted by atomic mass is 9.96. The molecule has 1 unspecified atom stereocenters. The molecule has 0 spiro atoms. The van der Waals surface area contributed by atoms with Crippen molar-refractivity contribution in [1.82, 2.24) is 10.3 Å². The summed E-state index contributed by atoms with van der Waals surface area (Å²) in [5.41, 5.74) is 2.34. The molecule has 1 heterocycles. The summed E-state index contributed by atoms with van der Waals surface area (Å²) in [4.78, 5) is 4.15. The summed E-state index contributed by atoms with van der Waals surface area (Å²) in [7, 11) is 0. The normalized spacial score (nSPS) is 13.0. The maximum absolute atomic E-state index is 9.96. The average molecular weight is 236 g/mol. The molecule has 17 heavy (non-hydrogen) atoms. The maximum Gasteiger partial charge on any atom is 0.0692 e. The van der Waals surface area contributed by atoms with E-state index in [1.165, 1.54) is 11.1 Å². The Morgan fingerprint density at radius 1 is 1.29 bits per heavy atom. The largest absolute Gasteiger partial charge is 0.392 e. The molecule has 2 N–H and O–H groups in total. The lowest BCUT2D eigenvalue weighted by Gasteiger charge is -2.20. The van der Waals surface area contributed by atoms with E-state index in [0.29, 0.717) is 12.5 Å². The summed E-state index contributed by atoms with van der Waals surface area (Å²) in [6, 6.07) is 2.11. The minimum atomic E-state index is -0.247. The molecular weight excluding hydrogens is 212 g/mol. The molecule has 1 aromatic rings. The molecular formula is C14H24N2O. The third-order valence-corrected chi connectivity index (χ3v) is 3.21. The summed E-state index contributed by atoms with van der Waals surface area (Å²) >= 11 is 0. The van der Waals surface area contributed by atoms with Crippen LogP contribution in [-0.4, -0.2) is 22.7 Å². The molecule has 0 aliphatic rings. The highest BCUT2D eigenvalue weighted by Gasteiger charge is 2.14. The molecule has 0 fully saturated rings. The number of aliphatic hydroxyl groups is 1. The van der Waals surface area contributed by atoms with Crippen LogP contribution in [0.15, 0.2) is 18.5 Å². The fraction of sp³-hybridized carbons (Fsp3) is 0.643. The van der Waals surface area contributed by atoms with Crippen molar-refractivity contribution in [3.63, 3.8) is 0 Å². The summed E-state index contributed by atoms with van der Waals surface area (Å²) in [5, 5.41) is 13.3. The SMILES string of the molecule is CCC(CC)C(O)CNCc1cncc(C)c1. The minimum absolute atomic E-state index is 0.247. The van der Waals surface area contributed by atoms with Crippen molar-refractivity contribution in [1.29, 1.82) is 0 Å². The number of hydrogen-bond donors (Lipinski definition) is 2. The fourth-order valence-electron chi connectivity index (χ4n) is 2.08. The molecule has 0 aromatic carbocycles. The van der Waals surface area contributed by atoms with Crippen LogP contribution in [0.5, 0.6) is 0 Å². The summed E-state index contributed by atoms with van der Waals surface area (Å²) < 4.78 is 0. The average Bonchev–Trinajstić information content (AvgIpc) is 2.30. The highest BCUT2D eigenvalue weighted by molar-refractivity contribution is 5.16. The van der Waals surface area contributed by atoms with Crippen molar-refractivity contribution < 1.29 is 5.11 Å². The molecule has 3 heteroatoms. The Bertz CT molecular complexity index is 324. The zero-order chi connectivity index (χ0) is 12.7. The van der Waals surface area contributed by atoms with E-state index >= 15 is 0 Å². The monoisotopic (exact) mass is 236 g/mol. The van der Waals surface area contributed by atoms with Gasteiger partial charge in [-0.2, -0.15) is 0 Å². The predicted molar refractivity (Wildman–Crippen MR) is 70.8 cm³/mol. The van der Waals surface area contributed by atoms with Gasteiger partial charge in [-0.25, -0.2) is 0 Å². The Morgan fingerprint density at radius 3 is 2.59 bits per heavy atom. The number of aromatic nitrogens is 1. The second-order valence-corrected chi connectivity index (χ2v) is 4.65.